The van der Waals surface area contributed by atoms with E-state index in [0.717, 1.165) is 30.3 Å². The van der Waals surface area contributed by atoms with E-state index in [-0.39, 0.29) is 53.9 Å². The third kappa shape index (κ3) is 4.69. The van der Waals surface area contributed by atoms with Crippen molar-refractivity contribution in [1.29, 1.82) is 0 Å². The van der Waals surface area contributed by atoms with Crippen molar-refractivity contribution in [2.45, 2.75) is 59.5 Å². The minimum Gasteiger partial charge on any atom is -0.478 e. The van der Waals surface area contributed by atoms with Crippen molar-refractivity contribution in [2.75, 3.05) is 6.54 Å². The SMILES string of the molecule is O=C(O)c1ccccc1CN1CC[C@@]2(S(=O)(=O)c3ccc(F)cc3)c3ccc(C(F)(C(F)(F)F)C(F)(F)F)cc3CC[C@@H]12. The standard InChI is InChI=1S/C29H23F8NO4S/c30-20-7-9-21(10-8-20)43(41,42)26-13-14-38(16-18-3-1-2-4-22(18)25(39)40)24(26)12-5-17-15-19(6-11-23(17)26)27(31,28(32,33)34)29(35,36)37/h1-4,6-11,15,24H,5,12-14,16H2,(H,39,40)/t24-,26-/m1/s1. The first-order valence-electron chi connectivity index (χ1n) is 13.0. The fourth-order valence-electron chi connectivity index (χ4n) is 6.42. The van der Waals surface area contributed by atoms with Gasteiger partial charge >= 0.3 is 24.0 Å². The lowest BCUT2D eigenvalue weighted by molar-refractivity contribution is -0.348. The van der Waals surface area contributed by atoms with Crippen LogP contribution in [0.3, 0.4) is 0 Å². The Kier molecular flexibility index (Phi) is 7.40. The van der Waals surface area contributed by atoms with Crippen molar-refractivity contribution in [3.05, 3.63) is 100 Å². The molecule has 0 unspecified atom stereocenters. The molecule has 3 aromatic rings. The molecule has 1 heterocycles. The minimum absolute atomic E-state index is 0.0169. The molecule has 0 saturated carbocycles. The van der Waals surface area contributed by atoms with Crippen molar-refractivity contribution in [2.24, 2.45) is 0 Å². The van der Waals surface area contributed by atoms with Gasteiger partial charge in [0.25, 0.3) is 0 Å². The molecule has 2 aliphatic rings. The third-order valence-electron chi connectivity index (χ3n) is 8.40. The van der Waals surface area contributed by atoms with E-state index in [1.165, 1.54) is 12.1 Å². The van der Waals surface area contributed by atoms with E-state index in [4.69, 9.17) is 0 Å². The summed E-state index contributed by atoms with van der Waals surface area (Å²) in [7, 11) is -4.51. The fourth-order valence-corrected chi connectivity index (χ4v) is 8.81. The Morgan fingerprint density at radius 2 is 1.56 bits per heavy atom. The molecule has 0 radical (unpaired) electrons. The van der Waals surface area contributed by atoms with Crippen LogP contribution in [-0.2, 0) is 33.2 Å². The van der Waals surface area contributed by atoms with E-state index < -0.39 is 56.0 Å². The number of likely N-dealkylation sites (tertiary alicyclic amines) is 1. The Labute approximate surface area is 240 Å². The molecule has 1 aliphatic carbocycles. The van der Waals surface area contributed by atoms with Gasteiger partial charge in [-0.05, 0) is 66.3 Å². The van der Waals surface area contributed by atoms with Gasteiger partial charge in [0.05, 0.1) is 10.5 Å². The van der Waals surface area contributed by atoms with Crippen LogP contribution in [-0.4, -0.2) is 49.3 Å². The van der Waals surface area contributed by atoms with Gasteiger partial charge in [-0.3, -0.25) is 4.90 Å². The highest BCUT2D eigenvalue weighted by molar-refractivity contribution is 7.92. The molecule has 2 atom stereocenters. The highest BCUT2D eigenvalue weighted by Crippen LogP contribution is 2.56. The van der Waals surface area contributed by atoms with Crippen LogP contribution in [0.25, 0.3) is 0 Å². The summed E-state index contributed by atoms with van der Waals surface area (Å²) < 4.78 is 137. The van der Waals surface area contributed by atoms with Crippen molar-refractivity contribution >= 4 is 15.8 Å². The first kappa shape index (κ1) is 30.9. The number of hydrogen-bond acceptors (Lipinski definition) is 4. The second-order valence-corrected chi connectivity index (χ2v) is 12.8. The summed E-state index contributed by atoms with van der Waals surface area (Å²) in [5.41, 5.74) is -7.36. The summed E-state index contributed by atoms with van der Waals surface area (Å²) in [6.07, 6.45) is -13.1. The van der Waals surface area contributed by atoms with Gasteiger partial charge in [-0.2, -0.15) is 26.3 Å². The van der Waals surface area contributed by atoms with Gasteiger partial charge in [-0.1, -0.05) is 36.4 Å². The van der Waals surface area contributed by atoms with Gasteiger partial charge in [0.15, 0.2) is 9.84 Å². The number of rotatable bonds is 6. The van der Waals surface area contributed by atoms with Gasteiger partial charge in [0.2, 0.25) is 0 Å². The molecule has 5 rings (SSSR count). The number of alkyl halides is 7. The van der Waals surface area contributed by atoms with Crippen LogP contribution < -0.4 is 0 Å². The van der Waals surface area contributed by atoms with Crippen LogP contribution in [0, 0.1) is 5.82 Å². The number of aryl methyl sites for hydroxylation is 1. The van der Waals surface area contributed by atoms with Gasteiger partial charge in [-0.25, -0.2) is 22.0 Å². The molecule has 230 valence electrons. The van der Waals surface area contributed by atoms with E-state index in [0.29, 0.717) is 17.7 Å². The van der Waals surface area contributed by atoms with Crippen LogP contribution in [0.15, 0.2) is 71.6 Å². The zero-order chi connectivity index (χ0) is 31.6. The molecule has 1 aliphatic heterocycles. The first-order chi connectivity index (χ1) is 19.9. The quantitative estimate of drug-likeness (QED) is 0.242. The lowest BCUT2D eigenvalue weighted by Crippen LogP contribution is -2.52. The third-order valence-corrected chi connectivity index (χ3v) is 10.9. The Bertz CT molecular complexity index is 1660. The monoisotopic (exact) mass is 633 g/mol. The molecule has 0 aromatic heterocycles. The van der Waals surface area contributed by atoms with Crippen LogP contribution in [0.2, 0.25) is 0 Å². The van der Waals surface area contributed by atoms with Gasteiger partial charge in [0.1, 0.15) is 10.6 Å². The smallest absolute Gasteiger partial charge is 0.435 e. The van der Waals surface area contributed by atoms with Crippen LogP contribution in [0.5, 0.6) is 0 Å². The number of hydrogen-bond donors (Lipinski definition) is 1. The van der Waals surface area contributed by atoms with Crippen molar-refractivity contribution in [1.82, 2.24) is 4.90 Å². The average Bonchev–Trinajstić information content (AvgIpc) is 3.31. The normalized spacial score (nSPS) is 21.3. The molecule has 14 heteroatoms. The maximum absolute atomic E-state index is 15.0. The lowest BCUT2D eigenvalue weighted by Gasteiger charge is -2.43. The summed E-state index contributed by atoms with van der Waals surface area (Å²) >= 11 is 0. The zero-order valence-corrected chi connectivity index (χ0v) is 22.8. The maximum atomic E-state index is 15.0. The zero-order valence-electron chi connectivity index (χ0n) is 22.0. The van der Waals surface area contributed by atoms with E-state index in [1.54, 1.807) is 17.0 Å². The summed E-state index contributed by atoms with van der Waals surface area (Å²) in [6.45, 7) is 0.0510. The summed E-state index contributed by atoms with van der Waals surface area (Å²) in [5.74, 6) is -1.95. The molecule has 1 N–H and O–H groups in total. The van der Waals surface area contributed by atoms with E-state index in [2.05, 4.69) is 0 Å². The largest absolute Gasteiger partial charge is 0.478 e. The molecular formula is C29H23F8NO4S. The number of sulfone groups is 1. The number of carboxylic acid groups (broad SMARTS) is 1. The Balaban J connectivity index is 1.68. The lowest BCUT2D eigenvalue weighted by atomic mass is 9.76. The summed E-state index contributed by atoms with van der Waals surface area (Å²) in [6, 6.07) is 10.5. The topological polar surface area (TPSA) is 74.7 Å². The van der Waals surface area contributed by atoms with E-state index >= 15 is 0 Å². The average molecular weight is 634 g/mol. The fraction of sp³-hybridized carbons (Fsp3) is 0.345. The number of fused-ring (bicyclic) bond motifs is 3. The van der Waals surface area contributed by atoms with Crippen LogP contribution >= 0.6 is 0 Å². The number of halogens is 8. The first-order valence-corrected chi connectivity index (χ1v) is 14.4. The van der Waals surface area contributed by atoms with Gasteiger partial charge < -0.3 is 5.11 Å². The maximum Gasteiger partial charge on any atom is 0.435 e. The molecule has 3 aromatic carbocycles. The summed E-state index contributed by atoms with van der Waals surface area (Å²) in [5, 5.41) is 9.62. The second-order valence-electron chi connectivity index (χ2n) is 10.6. The van der Waals surface area contributed by atoms with Crippen LogP contribution in [0.4, 0.5) is 35.1 Å². The van der Waals surface area contributed by atoms with Gasteiger partial charge in [-0.15, -0.1) is 0 Å². The predicted octanol–water partition coefficient (Wildman–Crippen LogP) is 6.70. The van der Waals surface area contributed by atoms with Gasteiger partial charge in [0, 0.05) is 24.7 Å². The molecule has 1 saturated heterocycles. The van der Waals surface area contributed by atoms with Crippen LogP contribution in [0.1, 0.15) is 45.5 Å². The molecule has 43 heavy (non-hydrogen) atoms. The van der Waals surface area contributed by atoms with E-state index in [1.807, 2.05) is 0 Å². The number of aromatic carboxylic acids is 1. The molecule has 5 nitrogen and oxygen atoms in total. The Morgan fingerprint density at radius 3 is 2.16 bits per heavy atom. The summed E-state index contributed by atoms with van der Waals surface area (Å²) in [4.78, 5) is 13.2. The van der Waals surface area contributed by atoms with Crippen molar-refractivity contribution in [3.63, 3.8) is 0 Å². The molecule has 0 spiro atoms. The van der Waals surface area contributed by atoms with E-state index in [9.17, 15) is 53.4 Å². The highest BCUT2D eigenvalue weighted by atomic mass is 32.2. The molecule has 1 fully saturated rings. The minimum atomic E-state index is -6.35. The predicted molar refractivity (Wildman–Crippen MR) is 137 cm³/mol. The Hall–Kier alpha value is -3.52. The highest BCUT2D eigenvalue weighted by Gasteiger charge is 2.73. The number of nitrogens with zero attached hydrogens (tertiary/aromatic N) is 1. The number of carboxylic acids is 1. The second kappa shape index (κ2) is 10.3. The van der Waals surface area contributed by atoms with Crippen molar-refractivity contribution in [3.8, 4) is 0 Å². The number of carbonyl (C=O) groups is 1. The molecule has 0 amide bonds. The molecule has 0 bridgehead atoms. The molecular weight excluding hydrogens is 610 g/mol. The van der Waals surface area contributed by atoms with Crippen molar-refractivity contribution < 1.29 is 53.4 Å². The Morgan fingerprint density at radius 1 is 0.930 bits per heavy atom. The number of benzene rings is 3.